The van der Waals surface area contributed by atoms with E-state index in [0.29, 0.717) is 12.0 Å². The molecule has 1 aromatic rings. The van der Waals surface area contributed by atoms with Crippen molar-refractivity contribution in [3.8, 4) is 0 Å². The molecule has 1 N–H and O–H groups in total. The molecule has 0 bridgehead atoms. The van der Waals surface area contributed by atoms with Gasteiger partial charge in [0.1, 0.15) is 5.76 Å². The van der Waals surface area contributed by atoms with Crippen molar-refractivity contribution in [3.05, 3.63) is 23.7 Å². The summed E-state index contributed by atoms with van der Waals surface area (Å²) in [7, 11) is 0. The Bertz CT molecular complexity index is 315. The summed E-state index contributed by atoms with van der Waals surface area (Å²) in [6.07, 6.45) is 4.05. The van der Waals surface area contributed by atoms with Crippen molar-refractivity contribution < 1.29 is 9.15 Å². The Hall–Kier alpha value is -0.800. The van der Waals surface area contributed by atoms with Gasteiger partial charge in [0.2, 0.25) is 0 Å². The van der Waals surface area contributed by atoms with Gasteiger partial charge >= 0.3 is 0 Å². The van der Waals surface area contributed by atoms with Gasteiger partial charge < -0.3 is 14.5 Å². The van der Waals surface area contributed by atoms with E-state index in [4.69, 9.17) is 9.15 Å². The van der Waals surface area contributed by atoms with Crippen LogP contribution in [0.1, 0.15) is 37.1 Å². The van der Waals surface area contributed by atoms with Crippen LogP contribution in [0.3, 0.4) is 0 Å². The van der Waals surface area contributed by atoms with Crippen molar-refractivity contribution >= 4 is 0 Å². The zero-order valence-corrected chi connectivity index (χ0v) is 10.2. The van der Waals surface area contributed by atoms with Crippen LogP contribution in [0.25, 0.3) is 0 Å². The molecule has 1 aliphatic rings. The van der Waals surface area contributed by atoms with Gasteiger partial charge in [-0.2, -0.15) is 0 Å². The van der Waals surface area contributed by atoms with Crippen LogP contribution in [-0.2, 0) is 4.74 Å². The van der Waals surface area contributed by atoms with Crippen LogP contribution in [0.4, 0.5) is 0 Å². The van der Waals surface area contributed by atoms with Crippen LogP contribution < -0.4 is 5.32 Å². The van der Waals surface area contributed by atoms with Crippen molar-refractivity contribution in [3.63, 3.8) is 0 Å². The summed E-state index contributed by atoms with van der Waals surface area (Å²) >= 11 is 0. The summed E-state index contributed by atoms with van der Waals surface area (Å²) in [5.41, 5.74) is 1.24. The Morgan fingerprint density at radius 1 is 1.56 bits per heavy atom. The molecule has 1 saturated heterocycles. The smallest absolute Gasteiger partial charge is 0.123 e. The lowest BCUT2D eigenvalue weighted by Gasteiger charge is -2.22. The predicted octanol–water partition coefficient (Wildman–Crippen LogP) is 2.67. The number of rotatable bonds is 5. The van der Waals surface area contributed by atoms with Crippen LogP contribution >= 0.6 is 0 Å². The van der Waals surface area contributed by atoms with Crippen molar-refractivity contribution in [2.75, 3.05) is 19.8 Å². The van der Waals surface area contributed by atoms with Gasteiger partial charge in [0.05, 0.1) is 18.9 Å². The number of hydrogen-bond acceptors (Lipinski definition) is 3. The van der Waals surface area contributed by atoms with E-state index in [0.717, 1.165) is 38.4 Å². The highest BCUT2D eigenvalue weighted by Crippen LogP contribution is 2.31. The fraction of sp³-hybridized carbons (Fsp3) is 0.692. The van der Waals surface area contributed by atoms with E-state index >= 15 is 0 Å². The third-order valence-electron chi connectivity index (χ3n) is 3.23. The molecule has 1 aromatic heterocycles. The number of hydrogen-bond donors (Lipinski definition) is 1. The molecule has 0 aliphatic carbocycles. The van der Waals surface area contributed by atoms with Gasteiger partial charge in [0.25, 0.3) is 0 Å². The topological polar surface area (TPSA) is 34.4 Å². The fourth-order valence-corrected chi connectivity index (χ4v) is 2.29. The summed E-state index contributed by atoms with van der Waals surface area (Å²) in [5.74, 6) is 1.64. The van der Waals surface area contributed by atoms with Crippen molar-refractivity contribution in [2.45, 2.75) is 32.7 Å². The quantitative estimate of drug-likeness (QED) is 0.833. The van der Waals surface area contributed by atoms with E-state index in [2.05, 4.69) is 19.2 Å². The van der Waals surface area contributed by atoms with Gasteiger partial charge in [-0.25, -0.2) is 0 Å². The largest absolute Gasteiger partial charge is 0.467 e. The zero-order chi connectivity index (χ0) is 11.4. The molecule has 2 heterocycles. The molecule has 90 valence electrons. The molecule has 3 nitrogen and oxygen atoms in total. The van der Waals surface area contributed by atoms with Crippen molar-refractivity contribution in [2.24, 2.45) is 5.92 Å². The average molecular weight is 223 g/mol. The Morgan fingerprint density at radius 3 is 3.00 bits per heavy atom. The number of aryl methyl sites for hydroxylation is 1. The average Bonchev–Trinajstić information content (AvgIpc) is 2.91. The van der Waals surface area contributed by atoms with Gasteiger partial charge in [-0.1, -0.05) is 6.92 Å². The van der Waals surface area contributed by atoms with E-state index in [-0.39, 0.29) is 0 Å². The van der Waals surface area contributed by atoms with Crippen molar-refractivity contribution in [1.82, 2.24) is 5.32 Å². The van der Waals surface area contributed by atoms with E-state index < -0.39 is 0 Å². The molecule has 1 fully saturated rings. The Labute approximate surface area is 97.2 Å². The molecule has 0 saturated carbocycles. The molecule has 0 aromatic carbocycles. The Morgan fingerprint density at radius 2 is 2.44 bits per heavy atom. The molecule has 2 unspecified atom stereocenters. The molecular formula is C13H21NO2. The second-order valence-corrected chi connectivity index (χ2v) is 4.52. The number of nitrogens with one attached hydrogen (secondary N) is 1. The molecule has 2 rings (SSSR count). The van der Waals surface area contributed by atoms with E-state index in [1.807, 2.05) is 6.07 Å². The second kappa shape index (κ2) is 5.51. The number of ether oxygens (including phenoxy) is 1. The molecule has 2 atom stereocenters. The summed E-state index contributed by atoms with van der Waals surface area (Å²) < 4.78 is 11.1. The Kier molecular flexibility index (Phi) is 4.02. The van der Waals surface area contributed by atoms with Crippen LogP contribution in [0.2, 0.25) is 0 Å². The molecule has 0 spiro atoms. The maximum atomic E-state index is 5.62. The predicted molar refractivity (Wildman–Crippen MR) is 63.4 cm³/mol. The minimum atomic E-state index is 0.317. The van der Waals surface area contributed by atoms with Crippen LogP contribution in [0.5, 0.6) is 0 Å². The molecule has 1 aliphatic heterocycles. The van der Waals surface area contributed by atoms with Crippen molar-refractivity contribution in [1.29, 1.82) is 0 Å². The summed E-state index contributed by atoms with van der Waals surface area (Å²) in [4.78, 5) is 0. The zero-order valence-electron chi connectivity index (χ0n) is 10.2. The second-order valence-electron chi connectivity index (χ2n) is 4.52. The monoisotopic (exact) mass is 223 g/mol. The first-order chi connectivity index (χ1) is 7.83. The lowest BCUT2D eigenvalue weighted by Crippen LogP contribution is -2.29. The fourth-order valence-electron chi connectivity index (χ4n) is 2.29. The third-order valence-corrected chi connectivity index (χ3v) is 3.23. The lowest BCUT2D eigenvalue weighted by atomic mass is 9.95. The number of furan rings is 1. The molecule has 0 radical (unpaired) electrons. The first-order valence-corrected chi connectivity index (χ1v) is 6.18. The van der Waals surface area contributed by atoms with Gasteiger partial charge in [0, 0.05) is 12.5 Å². The summed E-state index contributed by atoms with van der Waals surface area (Å²) in [6, 6.07) is 2.35. The van der Waals surface area contributed by atoms with Crippen LogP contribution in [0.15, 0.2) is 16.7 Å². The molecule has 0 amide bonds. The maximum absolute atomic E-state index is 5.62. The van der Waals surface area contributed by atoms with Gasteiger partial charge in [0.15, 0.2) is 0 Å². The van der Waals surface area contributed by atoms with Gasteiger partial charge in [-0.3, -0.25) is 0 Å². The lowest BCUT2D eigenvalue weighted by molar-refractivity contribution is 0.173. The van der Waals surface area contributed by atoms with E-state index in [1.54, 1.807) is 6.26 Å². The highest BCUT2D eigenvalue weighted by atomic mass is 16.5. The van der Waals surface area contributed by atoms with Crippen LogP contribution in [0, 0.1) is 12.8 Å². The highest BCUT2D eigenvalue weighted by molar-refractivity contribution is 5.19. The molecular weight excluding hydrogens is 202 g/mol. The SMILES string of the molecule is CCCNC(c1occc1C)C1CCOC1. The standard InChI is InChI=1S/C13H21NO2/c1-3-6-14-12(11-5-7-15-9-11)13-10(2)4-8-16-13/h4,8,11-12,14H,3,5-7,9H2,1-2H3. The summed E-state index contributed by atoms with van der Waals surface area (Å²) in [5, 5.41) is 3.58. The minimum Gasteiger partial charge on any atom is -0.467 e. The first kappa shape index (κ1) is 11.7. The first-order valence-electron chi connectivity index (χ1n) is 6.18. The molecule has 3 heteroatoms. The normalized spacial score (nSPS) is 22.5. The molecule has 16 heavy (non-hydrogen) atoms. The maximum Gasteiger partial charge on any atom is 0.123 e. The minimum absolute atomic E-state index is 0.317. The Balaban J connectivity index is 2.10. The summed E-state index contributed by atoms with van der Waals surface area (Å²) in [6.45, 7) is 7.05. The van der Waals surface area contributed by atoms with Gasteiger partial charge in [-0.05, 0) is 37.9 Å². The third kappa shape index (κ3) is 2.47. The van der Waals surface area contributed by atoms with E-state index in [1.165, 1.54) is 5.56 Å². The van der Waals surface area contributed by atoms with E-state index in [9.17, 15) is 0 Å². The van der Waals surface area contributed by atoms with Gasteiger partial charge in [-0.15, -0.1) is 0 Å². The highest BCUT2D eigenvalue weighted by Gasteiger charge is 2.29. The van der Waals surface area contributed by atoms with Crippen LogP contribution in [-0.4, -0.2) is 19.8 Å².